The summed E-state index contributed by atoms with van der Waals surface area (Å²) in [5.74, 6) is 1.87. The predicted molar refractivity (Wildman–Crippen MR) is 81.3 cm³/mol. The molecule has 0 fully saturated rings. The Morgan fingerprint density at radius 2 is 2.00 bits per heavy atom. The van der Waals surface area contributed by atoms with Gasteiger partial charge in [-0.25, -0.2) is 0 Å². The summed E-state index contributed by atoms with van der Waals surface area (Å²) in [5, 5.41) is 0. The summed E-state index contributed by atoms with van der Waals surface area (Å²) in [5.41, 5.74) is 8.29. The zero-order chi connectivity index (χ0) is 13.0. The van der Waals surface area contributed by atoms with E-state index in [1.165, 1.54) is 48.7 Å². The quantitative estimate of drug-likeness (QED) is 0.796. The van der Waals surface area contributed by atoms with Gasteiger partial charge in [-0.2, -0.15) is 0 Å². The van der Waals surface area contributed by atoms with Crippen LogP contribution in [0.15, 0.2) is 23.1 Å². The highest BCUT2D eigenvalue weighted by molar-refractivity contribution is 7.99. The van der Waals surface area contributed by atoms with Crippen LogP contribution < -0.4 is 5.73 Å². The van der Waals surface area contributed by atoms with E-state index in [2.05, 4.69) is 30.9 Å². The van der Waals surface area contributed by atoms with Gasteiger partial charge < -0.3 is 10.6 Å². The molecule has 2 rings (SSSR count). The maximum absolute atomic E-state index is 5.92. The Morgan fingerprint density at radius 3 is 2.67 bits per heavy atom. The van der Waals surface area contributed by atoms with E-state index in [4.69, 9.17) is 5.73 Å². The van der Waals surface area contributed by atoms with Crippen LogP contribution in [0.1, 0.15) is 38.2 Å². The van der Waals surface area contributed by atoms with Crippen molar-refractivity contribution in [2.75, 3.05) is 31.1 Å². The zero-order valence-electron chi connectivity index (χ0n) is 11.5. The first-order chi connectivity index (χ1) is 8.74. The van der Waals surface area contributed by atoms with E-state index in [0.717, 1.165) is 5.69 Å². The standard InChI is InChI=1S/C15H24N2S/c1-3-7-17(8-4-2)10-12-11-18-15-6-5-13(16)9-14(12)15/h5-6,9,12H,3-4,7-8,10-11,16H2,1-2H3. The lowest BCUT2D eigenvalue weighted by Gasteiger charge is -2.24. The van der Waals surface area contributed by atoms with Crippen molar-refractivity contribution in [1.29, 1.82) is 0 Å². The Labute approximate surface area is 115 Å². The van der Waals surface area contributed by atoms with Crippen molar-refractivity contribution in [2.45, 2.75) is 37.5 Å². The molecular formula is C15H24N2S. The second-order valence-electron chi connectivity index (χ2n) is 5.11. The van der Waals surface area contributed by atoms with Crippen LogP contribution in [-0.2, 0) is 0 Å². The van der Waals surface area contributed by atoms with Gasteiger partial charge in [-0.15, -0.1) is 11.8 Å². The van der Waals surface area contributed by atoms with Crippen LogP contribution in [0.4, 0.5) is 5.69 Å². The fourth-order valence-corrected chi connectivity index (χ4v) is 3.91. The molecule has 1 heterocycles. The number of anilines is 1. The van der Waals surface area contributed by atoms with Gasteiger partial charge in [0.2, 0.25) is 0 Å². The minimum atomic E-state index is 0.659. The molecule has 2 nitrogen and oxygen atoms in total. The summed E-state index contributed by atoms with van der Waals surface area (Å²) < 4.78 is 0. The van der Waals surface area contributed by atoms with Crippen molar-refractivity contribution < 1.29 is 0 Å². The molecule has 1 unspecified atom stereocenters. The topological polar surface area (TPSA) is 29.3 Å². The van der Waals surface area contributed by atoms with Crippen LogP contribution in [-0.4, -0.2) is 30.3 Å². The number of rotatable bonds is 6. The van der Waals surface area contributed by atoms with Gasteiger partial charge in [-0.3, -0.25) is 0 Å². The highest BCUT2D eigenvalue weighted by atomic mass is 32.2. The molecule has 0 aromatic heterocycles. The minimum absolute atomic E-state index is 0.659. The average molecular weight is 264 g/mol. The summed E-state index contributed by atoms with van der Waals surface area (Å²) in [6, 6.07) is 6.37. The van der Waals surface area contributed by atoms with E-state index in [0.29, 0.717) is 5.92 Å². The lowest BCUT2D eigenvalue weighted by Crippen LogP contribution is -2.30. The molecule has 1 aliphatic rings. The van der Waals surface area contributed by atoms with Crippen LogP contribution in [0.2, 0.25) is 0 Å². The SMILES string of the molecule is CCCN(CCC)CC1CSc2ccc(N)cc21. The molecule has 1 aromatic rings. The number of nitrogens with two attached hydrogens (primary N) is 1. The number of hydrogen-bond acceptors (Lipinski definition) is 3. The van der Waals surface area contributed by atoms with Crippen molar-refractivity contribution in [3.63, 3.8) is 0 Å². The van der Waals surface area contributed by atoms with Gasteiger partial charge in [0.15, 0.2) is 0 Å². The lowest BCUT2D eigenvalue weighted by atomic mass is 10.00. The van der Waals surface area contributed by atoms with Gasteiger partial charge in [0.25, 0.3) is 0 Å². The van der Waals surface area contributed by atoms with E-state index in [1.54, 1.807) is 0 Å². The van der Waals surface area contributed by atoms with Crippen LogP contribution in [0.25, 0.3) is 0 Å². The molecule has 1 aliphatic heterocycles. The molecule has 2 N–H and O–H groups in total. The smallest absolute Gasteiger partial charge is 0.0317 e. The number of thioether (sulfide) groups is 1. The van der Waals surface area contributed by atoms with Crippen molar-refractivity contribution in [1.82, 2.24) is 4.90 Å². The summed E-state index contributed by atoms with van der Waals surface area (Å²) in [6.07, 6.45) is 2.48. The van der Waals surface area contributed by atoms with Gasteiger partial charge in [0, 0.05) is 28.8 Å². The summed E-state index contributed by atoms with van der Waals surface area (Å²) >= 11 is 1.98. The number of nitrogen functional groups attached to an aromatic ring is 1. The lowest BCUT2D eigenvalue weighted by molar-refractivity contribution is 0.263. The van der Waals surface area contributed by atoms with E-state index in [1.807, 2.05) is 17.8 Å². The largest absolute Gasteiger partial charge is 0.399 e. The Bertz CT molecular complexity index is 386. The summed E-state index contributed by atoms with van der Waals surface area (Å²) in [4.78, 5) is 4.03. The van der Waals surface area contributed by atoms with Crippen LogP contribution in [0, 0.1) is 0 Å². The predicted octanol–water partition coefficient (Wildman–Crippen LogP) is 3.58. The van der Waals surface area contributed by atoms with E-state index >= 15 is 0 Å². The molecule has 0 amide bonds. The van der Waals surface area contributed by atoms with Crippen LogP contribution in [0.5, 0.6) is 0 Å². The van der Waals surface area contributed by atoms with Crippen LogP contribution >= 0.6 is 11.8 Å². The fourth-order valence-electron chi connectivity index (χ4n) is 2.69. The maximum atomic E-state index is 5.92. The molecule has 0 spiro atoms. The first kappa shape index (κ1) is 13.8. The van der Waals surface area contributed by atoms with Crippen LogP contribution in [0.3, 0.4) is 0 Å². The first-order valence-corrected chi connectivity index (χ1v) is 7.97. The number of hydrogen-bond donors (Lipinski definition) is 1. The van der Waals surface area contributed by atoms with Crippen molar-refractivity contribution in [3.8, 4) is 0 Å². The van der Waals surface area contributed by atoms with Gasteiger partial charge in [0.1, 0.15) is 0 Å². The third-order valence-corrected chi connectivity index (χ3v) is 4.72. The van der Waals surface area contributed by atoms with Crippen molar-refractivity contribution in [2.24, 2.45) is 0 Å². The average Bonchev–Trinajstić information content (AvgIpc) is 2.73. The number of benzene rings is 1. The molecule has 3 heteroatoms. The second kappa shape index (κ2) is 6.48. The fraction of sp³-hybridized carbons (Fsp3) is 0.600. The number of nitrogens with zero attached hydrogens (tertiary/aromatic N) is 1. The third-order valence-electron chi connectivity index (χ3n) is 3.47. The molecule has 1 aromatic carbocycles. The molecule has 18 heavy (non-hydrogen) atoms. The zero-order valence-corrected chi connectivity index (χ0v) is 12.3. The van der Waals surface area contributed by atoms with Gasteiger partial charge in [-0.05, 0) is 49.7 Å². The monoisotopic (exact) mass is 264 g/mol. The first-order valence-electron chi connectivity index (χ1n) is 6.99. The molecular weight excluding hydrogens is 240 g/mol. The highest BCUT2D eigenvalue weighted by Crippen LogP contribution is 2.40. The van der Waals surface area contributed by atoms with Gasteiger partial charge >= 0.3 is 0 Å². The van der Waals surface area contributed by atoms with E-state index in [-0.39, 0.29) is 0 Å². The van der Waals surface area contributed by atoms with E-state index < -0.39 is 0 Å². The molecule has 0 radical (unpaired) electrons. The minimum Gasteiger partial charge on any atom is -0.399 e. The maximum Gasteiger partial charge on any atom is 0.0317 e. The van der Waals surface area contributed by atoms with Crippen molar-refractivity contribution in [3.05, 3.63) is 23.8 Å². The molecule has 100 valence electrons. The molecule has 0 saturated carbocycles. The summed E-state index contributed by atoms with van der Waals surface area (Å²) in [7, 11) is 0. The van der Waals surface area contributed by atoms with Gasteiger partial charge in [-0.1, -0.05) is 13.8 Å². The highest BCUT2D eigenvalue weighted by Gasteiger charge is 2.24. The summed E-state index contributed by atoms with van der Waals surface area (Å²) in [6.45, 7) is 8.14. The molecule has 1 atom stereocenters. The molecule has 0 bridgehead atoms. The number of fused-ring (bicyclic) bond motifs is 1. The van der Waals surface area contributed by atoms with Crippen molar-refractivity contribution >= 4 is 17.4 Å². The van der Waals surface area contributed by atoms with Gasteiger partial charge in [0.05, 0.1) is 0 Å². The molecule has 0 saturated heterocycles. The Hall–Kier alpha value is -0.670. The Kier molecular flexibility index (Phi) is 4.95. The Morgan fingerprint density at radius 1 is 1.28 bits per heavy atom. The normalized spacial score (nSPS) is 18.3. The Balaban J connectivity index is 2.05. The van der Waals surface area contributed by atoms with E-state index in [9.17, 15) is 0 Å². The second-order valence-corrected chi connectivity index (χ2v) is 6.17. The third kappa shape index (κ3) is 3.21. The molecule has 0 aliphatic carbocycles.